The minimum Gasteiger partial charge on any atom is -0.352 e. The van der Waals surface area contributed by atoms with E-state index in [0.29, 0.717) is 37.0 Å². The fourth-order valence-corrected chi connectivity index (χ4v) is 4.57. The van der Waals surface area contributed by atoms with Crippen LogP contribution in [0.25, 0.3) is 0 Å². The van der Waals surface area contributed by atoms with E-state index in [1.165, 1.54) is 12.1 Å². The van der Waals surface area contributed by atoms with Gasteiger partial charge in [0.25, 0.3) is 0 Å². The maximum Gasteiger partial charge on any atom is 0.243 e. The van der Waals surface area contributed by atoms with Crippen LogP contribution in [0.2, 0.25) is 0 Å². The largest absolute Gasteiger partial charge is 0.352 e. The van der Waals surface area contributed by atoms with Crippen molar-refractivity contribution < 1.29 is 12.8 Å². The van der Waals surface area contributed by atoms with Gasteiger partial charge in [0.2, 0.25) is 10.0 Å². The molecule has 0 radical (unpaired) electrons. The van der Waals surface area contributed by atoms with E-state index >= 15 is 0 Å². The van der Waals surface area contributed by atoms with Crippen LogP contribution in [-0.2, 0) is 23.1 Å². The number of hydrogen-bond acceptors (Lipinski definition) is 3. The van der Waals surface area contributed by atoms with Crippen molar-refractivity contribution in [3.63, 3.8) is 0 Å². The first-order chi connectivity index (χ1) is 13.5. The van der Waals surface area contributed by atoms with E-state index in [1.54, 1.807) is 35.6 Å². The van der Waals surface area contributed by atoms with Gasteiger partial charge < -0.3 is 10.6 Å². The summed E-state index contributed by atoms with van der Waals surface area (Å²) in [5, 5.41) is 6.35. The van der Waals surface area contributed by atoms with E-state index in [2.05, 4.69) is 15.6 Å². The molecule has 1 fully saturated rings. The van der Waals surface area contributed by atoms with Crippen LogP contribution in [0.3, 0.4) is 0 Å². The summed E-state index contributed by atoms with van der Waals surface area (Å²) >= 11 is 0. The summed E-state index contributed by atoms with van der Waals surface area (Å²) in [6.45, 7) is 2.23. The second kappa shape index (κ2) is 9.16. The molecule has 28 heavy (non-hydrogen) atoms. The van der Waals surface area contributed by atoms with Gasteiger partial charge in [0.15, 0.2) is 5.96 Å². The summed E-state index contributed by atoms with van der Waals surface area (Å²) in [4.78, 5) is 4.49. The maximum atomic E-state index is 13.0. The fraction of sp³-hybridized carbons (Fsp3) is 0.350. The number of benzene rings is 2. The Balaban J connectivity index is 1.54. The van der Waals surface area contributed by atoms with Crippen molar-refractivity contribution in [1.82, 2.24) is 14.9 Å². The van der Waals surface area contributed by atoms with E-state index in [1.807, 2.05) is 12.1 Å². The van der Waals surface area contributed by atoms with Crippen LogP contribution >= 0.6 is 0 Å². The second-order valence-electron chi connectivity index (χ2n) is 6.66. The van der Waals surface area contributed by atoms with Crippen molar-refractivity contribution in [2.45, 2.75) is 30.8 Å². The van der Waals surface area contributed by atoms with Gasteiger partial charge in [0, 0.05) is 33.2 Å². The molecule has 1 saturated heterocycles. The number of rotatable bonds is 6. The molecule has 0 aromatic heterocycles. The average molecular weight is 405 g/mol. The van der Waals surface area contributed by atoms with Gasteiger partial charge in [-0.25, -0.2) is 12.8 Å². The van der Waals surface area contributed by atoms with Gasteiger partial charge in [-0.3, -0.25) is 4.99 Å². The molecule has 3 rings (SSSR count). The third-order valence-corrected chi connectivity index (χ3v) is 6.60. The molecule has 0 saturated carbocycles. The molecule has 2 aromatic rings. The van der Waals surface area contributed by atoms with Crippen molar-refractivity contribution in [3.8, 4) is 0 Å². The van der Waals surface area contributed by atoms with E-state index < -0.39 is 10.0 Å². The molecule has 0 bridgehead atoms. The Bertz CT molecular complexity index is 906. The Kier molecular flexibility index (Phi) is 6.64. The number of sulfonamides is 1. The SMILES string of the molecule is CN=C(NCc1ccc(F)cc1)NCc1ccc(S(=O)(=O)N2CCCC2)cc1. The fourth-order valence-electron chi connectivity index (χ4n) is 3.05. The molecule has 8 heteroatoms. The highest BCUT2D eigenvalue weighted by atomic mass is 32.2. The van der Waals surface area contributed by atoms with Crippen LogP contribution in [0.1, 0.15) is 24.0 Å². The highest BCUT2D eigenvalue weighted by molar-refractivity contribution is 7.89. The third kappa shape index (κ3) is 5.08. The normalized spacial score (nSPS) is 15.6. The van der Waals surface area contributed by atoms with Gasteiger partial charge in [0.1, 0.15) is 5.82 Å². The van der Waals surface area contributed by atoms with Crippen LogP contribution in [0.5, 0.6) is 0 Å². The Labute approximate surface area is 165 Å². The molecule has 1 heterocycles. The van der Waals surface area contributed by atoms with Crippen molar-refractivity contribution >= 4 is 16.0 Å². The van der Waals surface area contributed by atoms with Gasteiger partial charge >= 0.3 is 0 Å². The monoisotopic (exact) mass is 404 g/mol. The molecule has 1 aliphatic rings. The van der Waals surface area contributed by atoms with Crippen molar-refractivity contribution in [1.29, 1.82) is 0 Å². The van der Waals surface area contributed by atoms with Crippen molar-refractivity contribution in [2.24, 2.45) is 4.99 Å². The Morgan fingerprint density at radius 1 is 0.964 bits per heavy atom. The Morgan fingerprint density at radius 2 is 1.46 bits per heavy atom. The van der Waals surface area contributed by atoms with Crippen LogP contribution in [-0.4, -0.2) is 38.8 Å². The van der Waals surface area contributed by atoms with Crippen LogP contribution in [0.15, 0.2) is 58.4 Å². The number of guanidine groups is 1. The van der Waals surface area contributed by atoms with Gasteiger partial charge in [-0.2, -0.15) is 4.31 Å². The quantitative estimate of drug-likeness (QED) is 0.573. The number of halogens is 1. The zero-order chi connectivity index (χ0) is 20.0. The van der Waals surface area contributed by atoms with E-state index in [0.717, 1.165) is 24.0 Å². The molecule has 0 amide bonds. The minimum atomic E-state index is -3.38. The molecule has 0 unspecified atom stereocenters. The minimum absolute atomic E-state index is 0.263. The highest BCUT2D eigenvalue weighted by Crippen LogP contribution is 2.21. The second-order valence-corrected chi connectivity index (χ2v) is 8.60. The molecule has 2 aromatic carbocycles. The first kappa shape index (κ1) is 20.3. The average Bonchev–Trinajstić information content (AvgIpc) is 3.25. The lowest BCUT2D eigenvalue weighted by Gasteiger charge is -2.16. The van der Waals surface area contributed by atoms with Crippen LogP contribution in [0.4, 0.5) is 4.39 Å². The maximum absolute atomic E-state index is 13.0. The summed E-state index contributed by atoms with van der Waals surface area (Å²) in [6.07, 6.45) is 1.84. The molecule has 150 valence electrons. The predicted octanol–water partition coefficient (Wildman–Crippen LogP) is 2.48. The molecule has 2 N–H and O–H groups in total. The molecule has 0 atom stereocenters. The lowest BCUT2D eigenvalue weighted by atomic mass is 10.2. The zero-order valence-corrected chi connectivity index (χ0v) is 16.7. The van der Waals surface area contributed by atoms with Gasteiger partial charge in [-0.05, 0) is 48.2 Å². The first-order valence-corrected chi connectivity index (χ1v) is 10.7. The molecule has 1 aliphatic heterocycles. The smallest absolute Gasteiger partial charge is 0.243 e. The number of hydrogen-bond donors (Lipinski definition) is 2. The molecule has 0 aliphatic carbocycles. The summed E-state index contributed by atoms with van der Waals surface area (Å²) in [7, 11) is -1.71. The van der Waals surface area contributed by atoms with Gasteiger partial charge in [0.05, 0.1) is 4.90 Å². The first-order valence-electron chi connectivity index (χ1n) is 9.27. The standard InChI is InChI=1S/C20H25FN4O2S/c1-22-20(23-14-16-4-8-18(21)9-5-16)24-15-17-6-10-19(11-7-17)28(26,27)25-12-2-3-13-25/h4-11H,2-3,12-15H2,1H3,(H2,22,23,24). The lowest BCUT2D eigenvalue weighted by molar-refractivity contribution is 0.477. The van der Waals surface area contributed by atoms with Crippen LogP contribution in [0, 0.1) is 5.82 Å². The predicted molar refractivity (Wildman–Crippen MR) is 108 cm³/mol. The summed E-state index contributed by atoms with van der Waals surface area (Å²) in [6, 6.07) is 13.2. The summed E-state index contributed by atoms with van der Waals surface area (Å²) < 4.78 is 39.6. The van der Waals surface area contributed by atoms with Crippen LogP contribution < -0.4 is 10.6 Å². The van der Waals surface area contributed by atoms with E-state index in [9.17, 15) is 12.8 Å². The molecule has 0 spiro atoms. The number of nitrogens with zero attached hydrogens (tertiary/aromatic N) is 2. The topological polar surface area (TPSA) is 73.8 Å². The number of nitrogens with one attached hydrogen (secondary N) is 2. The highest BCUT2D eigenvalue weighted by Gasteiger charge is 2.26. The lowest BCUT2D eigenvalue weighted by Crippen LogP contribution is -2.36. The van der Waals surface area contributed by atoms with Crippen molar-refractivity contribution in [3.05, 3.63) is 65.5 Å². The zero-order valence-electron chi connectivity index (χ0n) is 15.9. The van der Waals surface area contributed by atoms with Crippen molar-refractivity contribution in [2.75, 3.05) is 20.1 Å². The molecule has 6 nitrogen and oxygen atoms in total. The number of aliphatic imine (C=N–C) groups is 1. The summed E-state index contributed by atoms with van der Waals surface area (Å²) in [5.41, 5.74) is 1.89. The van der Waals surface area contributed by atoms with E-state index in [4.69, 9.17) is 0 Å². The summed E-state index contributed by atoms with van der Waals surface area (Å²) in [5.74, 6) is 0.347. The Hall–Kier alpha value is -2.45. The van der Waals surface area contributed by atoms with Gasteiger partial charge in [-0.15, -0.1) is 0 Å². The third-order valence-electron chi connectivity index (χ3n) is 4.68. The molecular formula is C20H25FN4O2S. The Morgan fingerprint density at radius 3 is 1.96 bits per heavy atom. The van der Waals surface area contributed by atoms with E-state index in [-0.39, 0.29) is 5.82 Å². The van der Waals surface area contributed by atoms with Gasteiger partial charge in [-0.1, -0.05) is 24.3 Å². The molecular weight excluding hydrogens is 379 g/mol.